The summed E-state index contributed by atoms with van der Waals surface area (Å²) in [6.07, 6.45) is 1.12. The molecular formula is C16H21ClN2O. The molecule has 0 spiro atoms. The summed E-state index contributed by atoms with van der Waals surface area (Å²) >= 11 is 0. The lowest BCUT2D eigenvalue weighted by Gasteiger charge is -2.15. The Balaban J connectivity index is 0.00000147. The van der Waals surface area contributed by atoms with Gasteiger partial charge < -0.3 is 10.5 Å². The fraction of sp³-hybridized carbons (Fsp3) is 0.375. The predicted molar refractivity (Wildman–Crippen MR) is 85.6 cm³/mol. The molecule has 1 unspecified atom stereocenters. The maximum Gasteiger partial charge on any atom is 0.119 e. The molecule has 3 nitrogen and oxygen atoms in total. The molecule has 2 aromatic carbocycles. The maximum atomic E-state index is 5.95. The van der Waals surface area contributed by atoms with E-state index in [9.17, 15) is 0 Å². The number of halogens is 1. The summed E-state index contributed by atoms with van der Waals surface area (Å²) in [5.41, 5.74) is 7.30. The number of nitrogens with two attached hydrogens (primary N) is 1. The van der Waals surface area contributed by atoms with Crippen molar-refractivity contribution < 1.29 is 4.74 Å². The smallest absolute Gasteiger partial charge is 0.119 e. The van der Waals surface area contributed by atoms with E-state index in [1.807, 2.05) is 6.07 Å². The van der Waals surface area contributed by atoms with Crippen molar-refractivity contribution >= 4 is 23.2 Å². The minimum atomic E-state index is 0. The summed E-state index contributed by atoms with van der Waals surface area (Å²) < 4.78 is 5.25. The highest BCUT2D eigenvalue weighted by Crippen LogP contribution is 2.23. The average molecular weight is 293 g/mol. The Morgan fingerprint density at radius 3 is 2.65 bits per heavy atom. The highest BCUT2D eigenvalue weighted by atomic mass is 35.5. The average Bonchev–Trinajstić information content (AvgIpc) is 2.83. The van der Waals surface area contributed by atoms with E-state index in [1.54, 1.807) is 7.11 Å². The largest absolute Gasteiger partial charge is 0.497 e. The van der Waals surface area contributed by atoms with Crippen LogP contribution >= 0.6 is 12.4 Å². The SMILES string of the molecule is COc1ccc2cc(CN3CCC(N)C3)ccc2c1.Cl. The Labute approximate surface area is 126 Å². The van der Waals surface area contributed by atoms with Crippen molar-refractivity contribution in [3.8, 4) is 5.75 Å². The van der Waals surface area contributed by atoms with Crippen LogP contribution in [0.2, 0.25) is 0 Å². The van der Waals surface area contributed by atoms with E-state index in [4.69, 9.17) is 10.5 Å². The van der Waals surface area contributed by atoms with Crippen LogP contribution in [0.5, 0.6) is 5.75 Å². The van der Waals surface area contributed by atoms with Crippen LogP contribution in [0, 0.1) is 0 Å². The van der Waals surface area contributed by atoms with E-state index in [0.29, 0.717) is 6.04 Å². The quantitative estimate of drug-likeness (QED) is 0.945. The predicted octanol–water partition coefficient (Wildman–Crippen LogP) is 2.80. The molecule has 0 aliphatic carbocycles. The molecule has 1 aliphatic rings. The monoisotopic (exact) mass is 292 g/mol. The second-order valence-corrected chi connectivity index (χ2v) is 5.33. The second-order valence-electron chi connectivity index (χ2n) is 5.33. The van der Waals surface area contributed by atoms with Crippen LogP contribution in [0.3, 0.4) is 0 Å². The van der Waals surface area contributed by atoms with Gasteiger partial charge in [-0.05, 0) is 41.0 Å². The lowest BCUT2D eigenvalue weighted by Crippen LogP contribution is -2.26. The molecule has 0 aromatic heterocycles. The van der Waals surface area contributed by atoms with Gasteiger partial charge in [0, 0.05) is 25.7 Å². The Kier molecular flexibility index (Phi) is 4.86. The molecule has 3 rings (SSSR count). The Bertz CT molecular complexity index is 588. The zero-order valence-corrected chi connectivity index (χ0v) is 12.5. The Morgan fingerprint density at radius 2 is 1.95 bits per heavy atom. The first-order chi connectivity index (χ1) is 9.24. The van der Waals surface area contributed by atoms with Gasteiger partial charge in [0.05, 0.1) is 7.11 Å². The number of fused-ring (bicyclic) bond motifs is 1. The van der Waals surface area contributed by atoms with Crippen molar-refractivity contribution in [2.24, 2.45) is 5.73 Å². The van der Waals surface area contributed by atoms with E-state index in [1.165, 1.54) is 16.3 Å². The summed E-state index contributed by atoms with van der Waals surface area (Å²) in [6.45, 7) is 3.12. The van der Waals surface area contributed by atoms with Gasteiger partial charge in [-0.2, -0.15) is 0 Å². The van der Waals surface area contributed by atoms with Crippen molar-refractivity contribution in [1.82, 2.24) is 4.90 Å². The van der Waals surface area contributed by atoms with Crippen LogP contribution in [0.1, 0.15) is 12.0 Å². The molecule has 20 heavy (non-hydrogen) atoms. The van der Waals surface area contributed by atoms with Crippen LogP contribution in [-0.4, -0.2) is 31.1 Å². The van der Waals surface area contributed by atoms with Gasteiger partial charge in [0.2, 0.25) is 0 Å². The fourth-order valence-electron chi connectivity index (χ4n) is 2.76. The highest BCUT2D eigenvalue weighted by molar-refractivity contribution is 5.85. The van der Waals surface area contributed by atoms with Gasteiger partial charge in [-0.1, -0.05) is 18.2 Å². The van der Waals surface area contributed by atoms with E-state index >= 15 is 0 Å². The highest BCUT2D eigenvalue weighted by Gasteiger charge is 2.18. The fourth-order valence-corrected chi connectivity index (χ4v) is 2.76. The van der Waals surface area contributed by atoms with Crippen LogP contribution in [0.4, 0.5) is 0 Å². The summed E-state index contributed by atoms with van der Waals surface area (Å²) in [5, 5.41) is 2.49. The Hall–Kier alpha value is -1.29. The molecule has 1 aliphatic heterocycles. The number of benzene rings is 2. The van der Waals surface area contributed by atoms with Gasteiger partial charge in [-0.15, -0.1) is 12.4 Å². The molecule has 4 heteroatoms. The lowest BCUT2D eigenvalue weighted by atomic mass is 10.1. The van der Waals surface area contributed by atoms with Crippen LogP contribution in [0.25, 0.3) is 10.8 Å². The third kappa shape index (κ3) is 3.23. The van der Waals surface area contributed by atoms with Gasteiger partial charge in [-0.25, -0.2) is 0 Å². The number of rotatable bonds is 3. The van der Waals surface area contributed by atoms with Crippen LogP contribution in [-0.2, 0) is 6.54 Å². The van der Waals surface area contributed by atoms with Crippen molar-refractivity contribution in [1.29, 1.82) is 0 Å². The van der Waals surface area contributed by atoms with Crippen molar-refractivity contribution in [2.45, 2.75) is 19.0 Å². The number of nitrogens with zero attached hydrogens (tertiary/aromatic N) is 1. The zero-order valence-electron chi connectivity index (χ0n) is 11.7. The number of likely N-dealkylation sites (tertiary alicyclic amines) is 1. The van der Waals surface area contributed by atoms with E-state index in [-0.39, 0.29) is 12.4 Å². The lowest BCUT2D eigenvalue weighted by molar-refractivity contribution is 0.327. The minimum absolute atomic E-state index is 0. The third-order valence-corrected chi connectivity index (χ3v) is 3.83. The molecule has 0 amide bonds. The third-order valence-electron chi connectivity index (χ3n) is 3.83. The topological polar surface area (TPSA) is 38.5 Å². The van der Waals surface area contributed by atoms with Gasteiger partial charge >= 0.3 is 0 Å². The number of hydrogen-bond acceptors (Lipinski definition) is 3. The Morgan fingerprint density at radius 1 is 1.20 bits per heavy atom. The van der Waals surface area contributed by atoms with Gasteiger partial charge in [0.1, 0.15) is 5.75 Å². The molecule has 0 radical (unpaired) electrons. The van der Waals surface area contributed by atoms with Gasteiger partial charge in [0.15, 0.2) is 0 Å². The molecular weight excluding hydrogens is 272 g/mol. The molecule has 1 atom stereocenters. The number of hydrogen-bond donors (Lipinski definition) is 1. The summed E-state index contributed by atoms with van der Waals surface area (Å²) in [4.78, 5) is 2.43. The van der Waals surface area contributed by atoms with Crippen molar-refractivity contribution in [2.75, 3.05) is 20.2 Å². The second kappa shape index (κ2) is 6.44. The number of ether oxygens (including phenoxy) is 1. The number of methoxy groups -OCH3 is 1. The standard InChI is InChI=1S/C16H20N2O.ClH/c1-19-16-5-4-13-8-12(2-3-14(13)9-16)10-18-7-6-15(17)11-18;/h2-5,8-9,15H,6-7,10-11,17H2,1H3;1H. The maximum absolute atomic E-state index is 5.95. The summed E-state index contributed by atoms with van der Waals surface area (Å²) in [7, 11) is 1.70. The summed E-state index contributed by atoms with van der Waals surface area (Å²) in [5.74, 6) is 0.908. The van der Waals surface area contributed by atoms with Crippen LogP contribution < -0.4 is 10.5 Å². The van der Waals surface area contributed by atoms with E-state index in [2.05, 4.69) is 35.2 Å². The first-order valence-electron chi connectivity index (χ1n) is 6.79. The van der Waals surface area contributed by atoms with Gasteiger partial charge in [0.25, 0.3) is 0 Å². The first kappa shape index (κ1) is 15.1. The molecule has 2 N–H and O–H groups in total. The molecule has 2 aromatic rings. The summed E-state index contributed by atoms with van der Waals surface area (Å²) in [6, 6.07) is 13.2. The van der Waals surface area contributed by atoms with E-state index < -0.39 is 0 Å². The molecule has 108 valence electrons. The van der Waals surface area contributed by atoms with Crippen molar-refractivity contribution in [3.63, 3.8) is 0 Å². The molecule has 1 fully saturated rings. The minimum Gasteiger partial charge on any atom is -0.497 e. The van der Waals surface area contributed by atoms with Gasteiger partial charge in [-0.3, -0.25) is 4.90 Å². The zero-order chi connectivity index (χ0) is 13.2. The molecule has 0 saturated carbocycles. The normalized spacial score (nSPS) is 19.0. The molecule has 1 saturated heterocycles. The van der Waals surface area contributed by atoms with Crippen molar-refractivity contribution in [3.05, 3.63) is 42.0 Å². The first-order valence-corrected chi connectivity index (χ1v) is 6.79. The van der Waals surface area contributed by atoms with E-state index in [0.717, 1.165) is 31.8 Å². The molecule has 0 bridgehead atoms. The van der Waals surface area contributed by atoms with Crippen LogP contribution in [0.15, 0.2) is 36.4 Å². The molecule has 1 heterocycles.